The Morgan fingerprint density at radius 3 is 3.09 bits per heavy atom. The molecule has 2 heterocycles. The van der Waals surface area contributed by atoms with Gasteiger partial charge in [-0.05, 0) is 18.6 Å². The fraction of sp³-hybridized carbons (Fsp3) is 0.500. The molecule has 0 bridgehead atoms. The quantitative estimate of drug-likeness (QED) is 0.826. The van der Waals surface area contributed by atoms with Gasteiger partial charge in [0, 0.05) is 25.3 Å². The van der Waals surface area contributed by atoms with Crippen molar-refractivity contribution < 1.29 is 14.3 Å². The van der Waals surface area contributed by atoms with Gasteiger partial charge >= 0.3 is 0 Å². The summed E-state index contributed by atoms with van der Waals surface area (Å²) >= 11 is 0. The number of amides is 2. The molecule has 6 heteroatoms. The van der Waals surface area contributed by atoms with E-state index in [4.69, 9.17) is 4.74 Å². The molecule has 1 fully saturated rings. The second-order valence-electron chi connectivity index (χ2n) is 5.65. The highest BCUT2D eigenvalue weighted by molar-refractivity contribution is 6.01. The van der Waals surface area contributed by atoms with Crippen LogP contribution < -0.4 is 15.5 Å². The number of carbonyl (C=O) groups excluding carboxylic acids is 2. The van der Waals surface area contributed by atoms with Gasteiger partial charge in [-0.1, -0.05) is 18.2 Å². The van der Waals surface area contributed by atoms with E-state index >= 15 is 0 Å². The first kappa shape index (κ1) is 15.0. The Morgan fingerprint density at radius 2 is 2.27 bits per heavy atom. The summed E-state index contributed by atoms with van der Waals surface area (Å²) in [4.78, 5) is 25.9. The van der Waals surface area contributed by atoms with Crippen molar-refractivity contribution >= 4 is 17.5 Å². The van der Waals surface area contributed by atoms with E-state index < -0.39 is 0 Å². The van der Waals surface area contributed by atoms with Crippen molar-refractivity contribution in [3.63, 3.8) is 0 Å². The zero-order valence-corrected chi connectivity index (χ0v) is 12.7. The Balaban J connectivity index is 1.53. The maximum atomic E-state index is 12.2. The molecule has 2 atom stereocenters. The van der Waals surface area contributed by atoms with Crippen LogP contribution >= 0.6 is 0 Å². The molecule has 0 aromatic heterocycles. The first-order chi connectivity index (χ1) is 10.7. The molecule has 2 aliphatic heterocycles. The lowest BCUT2D eigenvalue weighted by Gasteiger charge is -2.29. The molecule has 22 heavy (non-hydrogen) atoms. The predicted octanol–water partition coefficient (Wildman–Crippen LogP) is 0.0688. The van der Waals surface area contributed by atoms with E-state index in [-0.39, 0.29) is 24.0 Å². The Bertz CT molecular complexity index is 576. The molecular formula is C16H21N3O3. The van der Waals surface area contributed by atoms with E-state index in [0.717, 1.165) is 11.3 Å². The van der Waals surface area contributed by atoms with E-state index in [1.165, 1.54) is 0 Å². The number of hydrogen-bond donors (Lipinski definition) is 2. The van der Waals surface area contributed by atoms with E-state index in [2.05, 4.69) is 10.6 Å². The number of nitrogens with one attached hydrogen (secondary N) is 2. The van der Waals surface area contributed by atoms with Crippen LogP contribution in [0.15, 0.2) is 24.3 Å². The second kappa shape index (κ2) is 6.46. The number of benzene rings is 1. The second-order valence-corrected chi connectivity index (χ2v) is 5.65. The Morgan fingerprint density at radius 1 is 1.45 bits per heavy atom. The molecule has 3 rings (SSSR count). The highest BCUT2D eigenvalue weighted by Crippen LogP contribution is 2.27. The molecule has 1 aromatic rings. The van der Waals surface area contributed by atoms with Gasteiger partial charge in [-0.2, -0.15) is 0 Å². The number of para-hydroxylation sites is 1. The molecule has 2 N–H and O–H groups in total. The highest BCUT2D eigenvalue weighted by Gasteiger charge is 2.29. The number of nitrogens with zero attached hydrogens (tertiary/aromatic N) is 1. The number of rotatable bonds is 4. The zero-order chi connectivity index (χ0) is 15.5. The van der Waals surface area contributed by atoms with Gasteiger partial charge in [-0.3, -0.25) is 9.59 Å². The van der Waals surface area contributed by atoms with Gasteiger partial charge in [0.15, 0.2) is 0 Å². The summed E-state index contributed by atoms with van der Waals surface area (Å²) < 4.78 is 5.47. The molecule has 1 aromatic carbocycles. The van der Waals surface area contributed by atoms with Crippen LogP contribution in [0.2, 0.25) is 0 Å². The van der Waals surface area contributed by atoms with Crippen LogP contribution in [0.1, 0.15) is 12.5 Å². The maximum Gasteiger partial charge on any atom is 0.239 e. The van der Waals surface area contributed by atoms with Crippen molar-refractivity contribution in [3.8, 4) is 0 Å². The van der Waals surface area contributed by atoms with Gasteiger partial charge in [0.1, 0.15) is 6.04 Å². The van der Waals surface area contributed by atoms with Gasteiger partial charge in [0.2, 0.25) is 11.8 Å². The SMILES string of the molecule is C[C@H]1OCCN[C@@H]1C(=O)NCCN1C(=O)Cc2ccccc21. The monoisotopic (exact) mass is 303 g/mol. The smallest absolute Gasteiger partial charge is 0.239 e. The lowest BCUT2D eigenvalue weighted by atomic mass is 10.1. The standard InChI is InChI=1S/C16H21N3O3/c1-11-15(17-7-9-22-11)16(21)18-6-8-19-13-5-3-2-4-12(13)10-14(19)20/h2-5,11,15,17H,6-10H2,1H3,(H,18,21)/t11-,15+/m1/s1. The number of carbonyl (C=O) groups is 2. The molecular weight excluding hydrogens is 282 g/mol. The van der Waals surface area contributed by atoms with Crippen molar-refractivity contribution in [2.45, 2.75) is 25.5 Å². The Kier molecular flexibility index (Phi) is 4.40. The van der Waals surface area contributed by atoms with Crippen LogP contribution in [0.4, 0.5) is 5.69 Å². The number of ether oxygens (including phenoxy) is 1. The molecule has 0 saturated carbocycles. The lowest BCUT2D eigenvalue weighted by molar-refractivity contribution is -0.129. The summed E-state index contributed by atoms with van der Waals surface area (Å²) in [5.74, 6) is 0.00933. The summed E-state index contributed by atoms with van der Waals surface area (Å²) in [6.07, 6.45) is 0.307. The van der Waals surface area contributed by atoms with Crippen LogP contribution in [0.25, 0.3) is 0 Å². The van der Waals surface area contributed by atoms with Gasteiger partial charge in [0.05, 0.1) is 19.1 Å². The third-order valence-electron chi connectivity index (χ3n) is 4.16. The average molecular weight is 303 g/mol. The fourth-order valence-corrected chi connectivity index (χ4v) is 2.99. The minimum absolute atomic E-state index is 0.0767. The van der Waals surface area contributed by atoms with Crippen LogP contribution in [0.3, 0.4) is 0 Å². The van der Waals surface area contributed by atoms with Gasteiger partial charge in [-0.25, -0.2) is 0 Å². The largest absolute Gasteiger partial charge is 0.375 e. The van der Waals surface area contributed by atoms with Gasteiger partial charge in [0.25, 0.3) is 0 Å². The van der Waals surface area contributed by atoms with Crippen molar-refractivity contribution in [2.24, 2.45) is 0 Å². The van der Waals surface area contributed by atoms with Gasteiger partial charge in [-0.15, -0.1) is 0 Å². The Labute approximate surface area is 129 Å². The first-order valence-electron chi connectivity index (χ1n) is 7.68. The van der Waals surface area contributed by atoms with Crippen molar-refractivity contribution in [1.29, 1.82) is 0 Å². The predicted molar refractivity (Wildman–Crippen MR) is 82.7 cm³/mol. The molecule has 0 radical (unpaired) electrons. The highest BCUT2D eigenvalue weighted by atomic mass is 16.5. The number of morpholine rings is 1. The van der Waals surface area contributed by atoms with E-state index in [9.17, 15) is 9.59 Å². The molecule has 0 aliphatic carbocycles. The normalized spacial score (nSPS) is 24.2. The summed E-state index contributed by atoms with van der Waals surface area (Å²) in [5, 5.41) is 6.04. The topological polar surface area (TPSA) is 70.7 Å². The van der Waals surface area contributed by atoms with E-state index in [0.29, 0.717) is 32.7 Å². The molecule has 2 aliphatic rings. The summed E-state index contributed by atoms with van der Waals surface area (Å²) in [6, 6.07) is 7.45. The first-order valence-corrected chi connectivity index (χ1v) is 7.68. The van der Waals surface area contributed by atoms with Crippen molar-refractivity contribution in [1.82, 2.24) is 10.6 Å². The van der Waals surface area contributed by atoms with Crippen LogP contribution in [-0.4, -0.2) is 50.2 Å². The number of anilines is 1. The molecule has 118 valence electrons. The maximum absolute atomic E-state index is 12.2. The number of fused-ring (bicyclic) bond motifs is 1. The average Bonchev–Trinajstić information content (AvgIpc) is 2.83. The minimum atomic E-state index is -0.324. The van der Waals surface area contributed by atoms with E-state index in [1.807, 2.05) is 31.2 Å². The van der Waals surface area contributed by atoms with Crippen molar-refractivity contribution in [3.05, 3.63) is 29.8 Å². The Hall–Kier alpha value is -1.92. The third-order valence-corrected chi connectivity index (χ3v) is 4.16. The molecule has 1 saturated heterocycles. The third kappa shape index (κ3) is 2.98. The number of hydrogen-bond acceptors (Lipinski definition) is 4. The summed E-state index contributed by atoms with van der Waals surface area (Å²) in [6.45, 7) is 4.12. The minimum Gasteiger partial charge on any atom is -0.375 e. The molecule has 2 amide bonds. The molecule has 0 spiro atoms. The zero-order valence-electron chi connectivity index (χ0n) is 12.7. The van der Waals surface area contributed by atoms with E-state index in [1.54, 1.807) is 4.90 Å². The molecule has 0 unspecified atom stereocenters. The lowest BCUT2D eigenvalue weighted by Crippen LogP contribution is -2.56. The van der Waals surface area contributed by atoms with Crippen LogP contribution in [0, 0.1) is 0 Å². The van der Waals surface area contributed by atoms with Crippen molar-refractivity contribution in [2.75, 3.05) is 31.1 Å². The summed E-state index contributed by atoms with van der Waals surface area (Å²) in [5.41, 5.74) is 2.00. The van der Waals surface area contributed by atoms with Crippen LogP contribution in [-0.2, 0) is 20.7 Å². The molecule has 6 nitrogen and oxygen atoms in total. The summed E-state index contributed by atoms with van der Waals surface area (Å²) in [7, 11) is 0. The van der Waals surface area contributed by atoms with Gasteiger partial charge < -0.3 is 20.3 Å². The van der Waals surface area contributed by atoms with Crippen LogP contribution in [0.5, 0.6) is 0 Å². The fourth-order valence-electron chi connectivity index (χ4n) is 2.99.